The number of alkyl carbamates (subject to hydrolysis) is 1. The fourth-order valence-corrected chi connectivity index (χ4v) is 6.15. The Morgan fingerprint density at radius 2 is 1.35 bits per heavy atom. The number of amides is 2. The number of ether oxygens (including phenoxy) is 1. The van der Waals surface area contributed by atoms with Gasteiger partial charge in [-0.05, 0) is 73.8 Å². The highest BCUT2D eigenvalue weighted by molar-refractivity contribution is 5.86. The van der Waals surface area contributed by atoms with Crippen LogP contribution in [-0.4, -0.2) is 28.5 Å². The highest BCUT2D eigenvalue weighted by Crippen LogP contribution is 2.41. The second-order valence-corrected chi connectivity index (χ2v) is 12.5. The molecule has 0 saturated heterocycles. The molecule has 43 heavy (non-hydrogen) atoms. The van der Waals surface area contributed by atoms with E-state index < -0.39 is 17.7 Å². The lowest BCUT2D eigenvalue weighted by Crippen LogP contribution is -2.53. The molecule has 5 rings (SSSR count). The molecule has 1 N–H and O–H groups in total. The van der Waals surface area contributed by atoms with Crippen LogP contribution in [0.3, 0.4) is 0 Å². The number of nitrogens with one attached hydrogen (secondary N) is 1. The summed E-state index contributed by atoms with van der Waals surface area (Å²) in [5.74, 6) is 0.0993. The third kappa shape index (κ3) is 8.13. The van der Waals surface area contributed by atoms with Gasteiger partial charge in [0.1, 0.15) is 11.6 Å². The molecule has 1 aliphatic rings. The van der Waals surface area contributed by atoms with Gasteiger partial charge in [0.15, 0.2) is 0 Å². The fraction of sp³-hybridized carbons (Fsp3) is 0.316. The Balaban J connectivity index is 1.57. The van der Waals surface area contributed by atoms with E-state index in [0.717, 1.165) is 30.4 Å². The average Bonchev–Trinajstić information content (AvgIpc) is 3.00. The van der Waals surface area contributed by atoms with Gasteiger partial charge in [-0.3, -0.25) is 4.79 Å². The molecule has 0 aromatic heterocycles. The number of hydrogen-bond donors (Lipinski definition) is 1. The van der Waals surface area contributed by atoms with Crippen LogP contribution in [0.4, 0.5) is 4.79 Å². The average molecular weight is 575 g/mol. The molecule has 0 heterocycles. The Bertz CT molecular complexity index is 1480. The second-order valence-electron chi connectivity index (χ2n) is 12.5. The lowest BCUT2D eigenvalue weighted by Gasteiger charge is -2.43. The lowest BCUT2D eigenvalue weighted by atomic mass is 9.75. The molecule has 1 unspecified atom stereocenters. The summed E-state index contributed by atoms with van der Waals surface area (Å²) in [5.41, 5.74) is 5.07. The Hall–Kier alpha value is -4.38. The zero-order valence-corrected chi connectivity index (χ0v) is 25.4. The van der Waals surface area contributed by atoms with Crippen LogP contribution in [0.2, 0.25) is 0 Å². The first-order valence-electron chi connectivity index (χ1n) is 15.3. The maximum atomic E-state index is 14.9. The largest absolute Gasteiger partial charge is 0.444 e. The molecule has 0 spiro atoms. The predicted molar refractivity (Wildman–Crippen MR) is 171 cm³/mol. The molecule has 0 radical (unpaired) electrons. The van der Waals surface area contributed by atoms with Crippen LogP contribution < -0.4 is 5.32 Å². The standard InChI is InChI=1S/C38H42N2O3/c1-38(2,3)43-37(42)39-34(26-29-17-9-5-10-18-29)36(41)40(27-30-19-11-6-12-20-30)35-32(25-28-15-7-4-8-16-28)24-23-31-21-13-14-22-33(31)35/h4-22,32,34-35H,23-27H2,1-3H3,(H,39,42)/t32-,34?,35-/m0/s1. The Morgan fingerprint density at radius 3 is 1.98 bits per heavy atom. The van der Waals surface area contributed by atoms with Gasteiger partial charge in [0.25, 0.3) is 0 Å². The monoisotopic (exact) mass is 574 g/mol. The highest BCUT2D eigenvalue weighted by atomic mass is 16.6. The first-order valence-corrected chi connectivity index (χ1v) is 15.3. The molecule has 0 fully saturated rings. The minimum Gasteiger partial charge on any atom is -0.444 e. The summed E-state index contributed by atoms with van der Waals surface area (Å²) in [6.45, 7) is 5.92. The van der Waals surface area contributed by atoms with E-state index in [1.165, 1.54) is 16.7 Å². The minimum atomic E-state index is -0.799. The molecule has 2 amide bonds. The van der Waals surface area contributed by atoms with Crippen molar-refractivity contribution in [1.82, 2.24) is 10.2 Å². The Morgan fingerprint density at radius 1 is 0.791 bits per heavy atom. The van der Waals surface area contributed by atoms with Gasteiger partial charge >= 0.3 is 6.09 Å². The quantitative estimate of drug-likeness (QED) is 0.223. The summed E-state index contributed by atoms with van der Waals surface area (Å²) in [4.78, 5) is 30.1. The van der Waals surface area contributed by atoms with Gasteiger partial charge in [0.05, 0.1) is 6.04 Å². The lowest BCUT2D eigenvalue weighted by molar-refractivity contribution is -0.138. The van der Waals surface area contributed by atoms with Gasteiger partial charge in [-0.15, -0.1) is 0 Å². The van der Waals surface area contributed by atoms with Gasteiger partial charge in [-0.1, -0.05) is 115 Å². The van der Waals surface area contributed by atoms with Crippen molar-refractivity contribution >= 4 is 12.0 Å². The maximum Gasteiger partial charge on any atom is 0.408 e. The number of carbonyl (C=O) groups excluding carboxylic acids is 2. The number of rotatable bonds is 9. The van der Waals surface area contributed by atoms with Crippen LogP contribution in [-0.2, 0) is 35.3 Å². The van der Waals surface area contributed by atoms with Crippen LogP contribution in [0.5, 0.6) is 0 Å². The minimum absolute atomic E-state index is 0.113. The van der Waals surface area contributed by atoms with Gasteiger partial charge in [-0.25, -0.2) is 4.79 Å². The molecular formula is C38H42N2O3. The highest BCUT2D eigenvalue weighted by Gasteiger charge is 2.39. The Kier molecular flexibility index (Phi) is 9.61. The van der Waals surface area contributed by atoms with Crippen molar-refractivity contribution in [2.75, 3.05) is 0 Å². The molecule has 222 valence electrons. The molecule has 5 heteroatoms. The predicted octanol–water partition coefficient (Wildman–Crippen LogP) is 7.70. The van der Waals surface area contributed by atoms with Crippen LogP contribution in [0.25, 0.3) is 0 Å². The van der Waals surface area contributed by atoms with Gasteiger partial charge in [0.2, 0.25) is 5.91 Å². The fourth-order valence-electron chi connectivity index (χ4n) is 6.15. The van der Waals surface area contributed by atoms with Crippen molar-refractivity contribution in [3.05, 3.63) is 143 Å². The summed E-state index contributed by atoms with van der Waals surface area (Å²) >= 11 is 0. The van der Waals surface area contributed by atoms with E-state index in [2.05, 4.69) is 66.0 Å². The second kappa shape index (κ2) is 13.7. The van der Waals surface area contributed by atoms with E-state index in [1.807, 2.05) is 80.3 Å². The summed E-state index contributed by atoms with van der Waals surface area (Å²) in [7, 11) is 0. The van der Waals surface area contributed by atoms with E-state index in [9.17, 15) is 9.59 Å². The number of carbonyl (C=O) groups is 2. The topological polar surface area (TPSA) is 58.6 Å². The molecule has 1 aliphatic carbocycles. The van der Waals surface area contributed by atoms with Crippen molar-refractivity contribution in [1.29, 1.82) is 0 Å². The van der Waals surface area contributed by atoms with Crippen LogP contribution in [0.15, 0.2) is 115 Å². The third-order valence-electron chi connectivity index (χ3n) is 8.03. The Labute approximate surface area is 255 Å². The summed E-state index contributed by atoms with van der Waals surface area (Å²) < 4.78 is 5.64. The smallest absolute Gasteiger partial charge is 0.408 e. The van der Waals surface area contributed by atoms with Crippen LogP contribution in [0.1, 0.15) is 61.1 Å². The number of hydrogen-bond acceptors (Lipinski definition) is 3. The van der Waals surface area contributed by atoms with Crippen molar-refractivity contribution in [2.45, 2.75) is 70.7 Å². The van der Waals surface area contributed by atoms with Crippen molar-refractivity contribution in [2.24, 2.45) is 5.92 Å². The number of nitrogens with zero attached hydrogens (tertiary/aromatic N) is 1. The van der Waals surface area contributed by atoms with Gasteiger partial charge in [0, 0.05) is 13.0 Å². The van der Waals surface area contributed by atoms with Crippen LogP contribution >= 0.6 is 0 Å². The first kappa shape index (κ1) is 30.1. The van der Waals surface area contributed by atoms with E-state index >= 15 is 0 Å². The van der Waals surface area contributed by atoms with E-state index in [4.69, 9.17) is 4.74 Å². The molecule has 5 nitrogen and oxygen atoms in total. The van der Waals surface area contributed by atoms with Crippen LogP contribution in [0, 0.1) is 5.92 Å². The molecule has 3 atom stereocenters. The zero-order chi connectivity index (χ0) is 30.2. The van der Waals surface area contributed by atoms with Crippen molar-refractivity contribution in [3.63, 3.8) is 0 Å². The molecule has 4 aromatic rings. The van der Waals surface area contributed by atoms with Gasteiger partial charge < -0.3 is 15.0 Å². The molecule has 0 bridgehead atoms. The van der Waals surface area contributed by atoms with E-state index in [1.54, 1.807) is 0 Å². The first-order chi connectivity index (χ1) is 20.8. The number of aryl methyl sites for hydroxylation is 1. The van der Waals surface area contributed by atoms with E-state index in [-0.39, 0.29) is 17.9 Å². The number of benzene rings is 4. The van der Waals surface area contributed by atoms with E-state index in [0.29, 0.717) is 13.0 Å². The molecule has 4 aromatic carbocycles. The summed E-state index contributed by atoms with van der Waals surface area (Å²) in [5, 5.41) is 2.96. The SMILES string of the molecule is CC(C)(C)OC(=O)NC(Cc1ccccc1)C(=O)N(Cc1ccccc1)[C@@H]1c2ccccc2CC[C@H]1Cc1ccccc1. The number of fused-ring (bicyclic) bond motifs is 1. The molecule has 0 aliphatic heterocycles. The maximum absolute atomic E-state index is 14.9. The van der Waals surface area contributed by atoms with Crippen molar-refractivity contribution < 1.29 is 14.3 Å². The van der Waals surface area contributed by atoms with Crippen molar-refractivity contribution in [3.8, 4) is 0 Å². The zero-order valence-electron chi connectivity index (χ0n) is 25.4. The third-order valence-corrected chi connectivity index (χ3v) is 8.03. The molecular weight excluding hydrogens is 532 g/mol. The normalized spacial score (nSPS) is 16.9. The summed E-state index contributed by atoms with van der Waals surface area (Å²) in [6, 6.07) is 38.1. The summed E-state index contributed by atoms with van der Waals surface area (Å²) in [6.07, 6.45) is 2.58. The molecule has 0 saturated carbocycles. The van der Waals surface area contributed by atoms with Gasteiger partial charge in [-0.2, -0.15) is 0 Å².